The Bertz CT molecular complexity index is 572. The number of furan rings is 1. The average molecular weight is 249 g/mol. The van der Waals surface area contributed by atoms with Crippen molar-refractivity contribution in [2.24, 2.45) is 0 Å². The molecule has 2 aromatic rings. The van der Waals surface area contributed by atoms with E-state index >= 15 is 0 Å². The Kier molecular flexibility index (Phi) is 3.05. The SMILES string of the molecule is Cc1cc(C(C)NC(=O)c2nc(N)n[nH]2)c(C)o1. The second kappa shape index (κ2) is 4.52. The lowest BCUT2D eigenvalue weighted by molar-refractivity contribution is 0.0929. The second-order valence-corrected chi connectivity index (χ2v) is 4.11. The number of carbonyl (C=O) groups is 1. The van der Waals surface area contributed by atoms with Crippen LogP contribution >= 0.6 is 0 Å². The molecule has 0 aromatic carbocycles. The molecule has 1 amide bonds. The molecule has 2 heterocycles. The average Bonchev–Trinajstić information content (AvgIpc) is 2.84. The summed E-state index contributed by atoms with van der Waals surface area (Å²) in [7, 11) is 0. The number of aromatic amines is 1. The van der Waals surface area contributed by atoms with Crippen molar-refractivity contribution in [3.05, 3.63) is 29.0 Å². The fraction of sp³-hybridized carbons (Fsp3) is 0.364. The molecule has 0 aliphatic rings. The number of aromatic nitrogens is 3. The van der Waals surface area contributed by atoms with Gasteiger partial charge < -0.3 is 15.5 Å². The van der Waals surface area contributed by atoms with Gasteiger partial charge in [0, 0.05) is 5.56 Å². The van der Waals surface area contributed by atoms with E-state index in [1.807, 2.05) is 26.8 Å². The van der Waals surface area contributed by atoms with Crippen molar-refractivity contribution in [3.63, 3.8) is 0 Å². The van der Waals surface area contributed by atoms with Crippen molar-refractivity contribution < 1.29 is 9.21 Å². The van der Waals surface area contributed by atoms with E-state index in [-0.39, 0.29) is 23.7 Å². The number of nitrogen functional groups attached to an aromatic ring is 1. The molecular formula is C11H15N5O2. The smallest absolute Gasteiger partial charge is 0.289 e. The number of nitrogens with zero attached hydrogens (tertiary/aromatic N) is 2. The number of rotatable bonds is 3. The Morgan fingerprint density at radius 1 is 1.56 bits per heavy atom. The summed E-state index contributed by atoms with van der Waals surface area (Å²) >= 11 is 0. The van der Waals surface area contributed by atoms with Crippen LogP contribution in [-0.4, -0.2) is 21.1 Å². The van der Waals surface area contributed by atoms with Crippen molar-refractivity contribution >= 4 is 11.9 Å². The molecule has 0 bridgehead atoms. The van der Waals surface area contributed by atoms with Crippen molar-refractivity contribution in [1.29, 1.82) is 0 Å². The van der Waals surface area contributed by atoms with Gasteiger partial charge >= 0.3 is 0 Å². The Morgan fingerprint density at radius 2 is 2.28 bits per heavy atom. The van der Waals surface area contributed by atoms with Gasteiger partial charge in [-0.2, -0.15) is 4.98 Å². The largest absolute Gasteiger partial charge is 0.466 e. The summed E-state index contributed by atoms with van der Waals surface area (Å²) in [5, 5.41) is 8.85. The van der Waals surface area contributed by atoms with E-state index in [2.05, 4.69) is 20.5 Å². The maximum Gasteiger partial charge on any atom is 0.289 e. The van der Waals surface area contributed by atoms with Gasteiger partial charge in [0.25, 0.3) is 5.91 Å². The van der Waals surface area contributed by atoms with Gasteiger partial charge in [0.15, 0.2) is 0 Å². The van der Waals surface area contributed by atoms with E-state index in [1.54, 1.807) is 0 Å². The molecule has 7 nitrogen and oxygen atoms in total. The van der Waals surface area contributed by atoms with Crippen LogP contribution in [0.15, 0.2) is 10.5 Å². The van der Waals surface area contributed by atoms with Crippen LogP contribution < -0.4 is 11.1 Å². The number of nitrogens with one attached hydrogen (secondary N) is 2. The highest BCUT2D eigenvalue weighted by atomic mass is 16.3. The maximum absolute atomic E-state index is 11.8. The fourth-order valence-electron chi connectivity index (χ4n) is 1.80. The number of carbonyl (C=O) groups excluding carboxylic acids is 1. The molecule has 7 heteroatoms. The number of H-pyrrole nitrogens is 1. The van der Waals surface area contributed by atoms with E-state index in [4.69, 9.17) is 10.2 Å². The summed E-state index contributed by atoms with van der Waals surface area (Å²) in [5.74, 6) is 1.38. The number of amides is 1. The van der Waals surface area contributed by atoms with Gasteiger partial charge in [-0.3, -0.25) is 9.89 Å². The van der Waals surface area contributed by atoms with Gasteiger partial charge in [-0.1, -0.05) is 0 Å². The lowest BCUT2D eigenvalue weighted by atomic mass is 10.1. The van der Waals surface area contributed by atoms with E-state index in [1.165, 1.54) is 0 Å². The predicted molar refractivity (Wildman–Crippen MR) is 64.9 cm³/mol. The normalized spacial score (nSPS) is 12.4. The molecule has 0 spiro atoms. The molecule has 0 saturated carbocycles. The minimum Gasteiger partial charge on any atom is -0.466 e. The van der Waals surface area contributed by atoms with Crippen LogP contribution in [0.2, 0.25) is 0 Å². The van der Waals surface area contributed by atoms with Crippen LogP contribution in [-0.2, 0) is 0 Å². The molecule has 2 rings (SSSR count). The van der Waals surface area contributed by atoms with Gasteiger partial charge in [0.2, 0.25) is 11.8 Å². The molecule has 0 saturated heterocycles. The molecule has 0 aliphatic heterocycles. The van der Waals surface area contributed by atoms with Gasteiger partial charge in [-0.05, 0) is 26.8 Å². The molecule has 4 N–H and O–H groups in total. The molecule has 2 aromatic heterocycles. The molecule has 18 heavy (non-hydrogen) atoms. The Morgan fingerprint density at radius 3 is 2.78 bits per heavy atom. The van der Waals surface area contributed by atoms with E-state index in [0.717, 1.165) is 17.1 Å². The van der Waals surface area contributed by atoms with Crippen LogP contribution in [0.25, 0.3) is 0 Å². The van der Waals surface area contributed by atoms with E-state index in [0.29, 0.717) is 0 Å². The topological polar surface area (TPSA) is 110 Å². The molecule has 0 aliphatic carbocycles. The Hall–Kier alpha value is -2.31. The zero-order valence-electron chi connectivity index (χ0n) is 10.4. The Labute approximate surface area is 104 Å². The number of hydrogen-bond acceptors (Lipinski definition) is 5. The highest BCUT2D eigenvalue weighted by molar-refractivity contribution is 5.90. The first-order valence-electron chi connectivity index (χ1n) is 5.53. The van der Waals surface area contributed by atoms with Crippen molar-refractivity contribution in [2.45, 2.75) is 26.8 Å². The fourth-order valence-corrected chi connectivity index (χ4v) is 1.80. The van der Waals surface area contributed by atoms with Gasteiger partial charge in [0.05, 0.1) is 6.04 Å². The monoisotopic (exact) mass is 249 g/mol. The highest BCUT2D eigenvalue weighted by Gasteiger charge is 2.17. The third kappa shape index (κ3) is 2.34. The van der Waals surface area contributed by atoms with Crippen LogP contribution in [0, 0.1) is 13.8 Å². The standard InChI is InChI=1S/C11H15N5O2/c1-5-4-8(7(3)18-5)6(2)13-10(17)9-14-11(12)16-15-9/h4,6H,1-3H3,(H,13,17)(H3,12,14,15,16). The number of nitrogens with two attached hydrogens (primary N) is 1. The second-order valence-electron chi connectivity index (χ2n) is 4.11. The first kappa shape index (κ1) is 12.2. The summed E-state index contributed by atoms with van der Waals surface area (Å²) in [6.45, 7) is 5.59. The molecule has 1 unspecified atom stereocenters. The number of hydrogen-bond donors (Lipinski definition) is 3. The van der Waals surface area contributed by atoms with Crippen molar-refractivity contribution in [2.75, 3.05) is 5.73 Å². The third-order valence-electron chi connectivity index (χ3n) is 2.61. The lowest BCUT2D eigenvalue weighted by Crippen LogP contribution is -2.27. The zero-order chi connectivity index (χ0) is 13.3. The lowest BCUT2D eigenvalue weighted by Gasteiger charge is -2.11. The van der Waals surface area contributed by atoms with E-state index in [9.17, 15) is 4.79 Å². The number of anilines is 1. The van der Waals surface area contributed by atoms with Crippen LogP contribution in [0.4, 0.5) is 5.95 Å². The van der Waals surface area contributed by atoms with Gasteiger partial charge in [-0.15, -0.1) is 5.10 Å². The van der Waals surface area contributed by atoms with Crippen LogP contribution in [0.3, 0.4) is 0 Å². The Balaban J connectivity index is 2.10. The van der Waals surface area contributed by atoms with Gasteiger partial charge in [-0.25, -0.2) is 0 Å². The minimum atomic E-state index is -0.357. The minimum absolute atomic E-state index is 0.0446. The molecule has 0 radical (unpaired) electrons. The summed E-state index contributed by atoms with van der Waals surface area (Å²) < 4.78 is 5.42. The number of aryl methyl sites for hydroxylation is 2. The zero-order valence-corrected chi connectivity index (χ0v) is 10.4. The molecule has 1 atom stereocenters. The molecule has 96 valence electrons. The highest BCUT2D eigenvalue weighted by Crippen LogP contribution is 2.21. The van der Waals surface area contributed by atoms with Crippen LogP contribution in [0.1, 0.15) is 40.7 Å². The predicted octanol–water partition coefficient (Wildman–Crippen LogP) is 1.09. The molecular weight excluding hydrogens is 234 g/mol. The maximum atomic E-state index is 11.8. The summed E-state index contributed by atoms with van der Waals surface area (Å²) in [6, 6.07) is 1.72. The van der Waals surface area contributed by atoms with Gasteiger partial charge in [0.1, 0.15) is 11.5 Å². The first-order chi connectivity index (χ1) is 8.47. The third-order valence-corrected chi connectivity index (χ3v) is 2.61. The summed E-state index contributed by atoms with van der Waals surface area (Å²) in [4.78, 5) is 15.6. The summed E-state index contributed by atoms with van der Waals surface area (Å²) in [5.41, 5.74) is 6.28. The molecule has 0 fully saturated rings. The first-order valence-corrected chi connectivity index (χ1v) is 5.53. The van der Waals surface area contributed by atoms with E-state index < -0.39 is 0 Å². The van der Waals surface area contributed by atoms with Crippen LogP contribution in [0.5, 0.6) is 0 Å². The quantitative estimate of drug-likeness (QED) is 0.754. The summed E-state index contributed by atoms with van der Waals surface area (Å²) in [6.07, 6.45) is 0. The van der Waals surface area contributed by atoms with Crippen molar-refractivity contribution in [3.8, 4) is 0 Å². The van der Waals surface area contributed by atoms with Crippen molar-refractivity contribution in [1.82, 2.24) is 20.5 Å².